The van der Waals surface area contributed by atoms with Crippen molar-refractivity contribution in [1.29, 1.82) is 0 Å². The molecule has 3 fully saturated rings. The minimum Gasteiger partial charge on any atom is -0.335 e. The molecule has 1 saturated carbocycles. The molecule has 0 spiro atoms. The lowest BCUT2D eigenvalue weighted by Crippen LogP contribution is -2.71. The fourth-order valence-corrected chi connectivity index (χ4v) is 6.91. The normalized spacial score (nSPS) is 26.2. The molecule has 166 valence electrons. The summed E-state index contributed by atoms with van der Waals surface area (Å²) in [4.78, 5) is 17.5. The number of urea groups is 1. The lowest BCUT2D eigenvalue weighted by Gasteiger charge is -2.55. The van der Waals surface area contributed by atoms with E-state index in [9.17, 15) is 13.2 Å². The van der Waals surface area contributed by atoms with Crippen molar-refractivity contribution in [2.45, 2.75) is 68.5 Å². The van der Waals surface area contributed by atoms with E-state index in [0.717, 1.165) is 19.4 Å². The van der Waals surface area contributed by atoms with E-state index in [1.165, 1.54) is 19.3 Å². The van der Waals surface area contributed by atoms with Gasteiger partial charge in [0, 0.05) is 50.3 Å². The number of nitrogens with one attached hydrogen (secondary N) is 1. The zero-order valence-electron chi connectivity index (χ0n) is 18.1. The Labute approximate surface area is 180 Å². The summed E-state index contributed by atoms with van der Waals surface area (Å²) in [5, 5.41) is 3.21. The van der Waals surface area contributed by atoms with Crippen molar-refractivity contribution < 1.29 is 13.2 Å². The molecule has 4 rings (SSSR count). The first-order valence-corrected chi connectivity index (χ1v) is 12.6. The van der Waals surface area contributed by atoms with E-state index in [1.54, 1.807) is 28.6 Å². The molecular formula is C22H34N4O3S. The van der Waals surface area contributed by atoms with E-state index in [0.29, 0.717) is 31.1 Å². The number of nitrogens with zero attached hydrogens (tertiary/aromatic N) is 3. The molecule has 0 bridgehead atoms. The van der Waals surface area contributed by atoms with Gasteiger partial charge in [-0.3, -0.25) is 4.90 Å². The Balaban J connectivity index is 1.47. The van der Waals surface area contributed by atoms with Crippen LogP contribution in [-0.2, 0) is 10.0 Å². The molecule has 1 unspecified atom stereocenters. The van der Waals surface area contributed by atoms with Gasteiger partial charge in [0.25, 0.3) is 0 Å². The second-order valence-electron chi connectivity index (χ2n) is 9.50. The van der Waals surface area contributed by atoms with Crippen molar-refractivity contribution in [3.63, 3.8) is 0 Å². The van der Waals surface area contributed by atoms with Crippen molar-refractivity contribution in [2.24, 2.45) is 0 Å². The summed E-state index contributed by atoms with van der Waals surface area (Å²) in [6.45, 7) is 7.08. The highest BCUT2D eigenvalue weighted by atomic mass is 32.2. The van der Waals surface area contributed by atoms with Gasteiger partial charge < -0.3 is 10.2 Å². The van der Waals surface area contributed by atoms with Gasteiger partial charge in [0.15, 0.2) is 0 Å². The average Bonchev–Trinajstić information content (AvgIpc) is 2.74. The molecule has 30 heavy (non-hydrogen) atoms. The molecule has 1 aliphatic carbocycles. The average molecular weight is 435 g/mol. The molecule has 2 amide bonds. The number of hydrogen-bond donors (Lipinski definition) is 1. The van der Waals surface area contributed by atoms with Gasteiger partial charge in [0.2, 0.25) is 10.0 Å². The minimum absolute atomic E-state index is 0.00177. The molecule has 2 saturated heterocycles. The molecule has 3 aliphatic rings. The summed E-state index contributed by atoms with van der Waals surface area (Å²) in [7, 11) is -3.56. The van der Waals surface area contributed by atoms with E-state index >= 15 is 0 Å². The maximum absolute atomic E-state index is 13.2. The van der Waals surface area contributed by atoms with Crippen LogP contribution >= 0.6 is 0 Å². The van der Waals surface area contributed by atoms with Crippen LogP contribution in [-0.4, -0.2) is 78.9 Å². The Morgan fingerprint density at radius 3 is 2.43 bits per heavy atom. The largest absolute Gasteiger partial charge is 0.335 e. The number of hydrogen-bond acceptors (Lipinski definition) is 4. The Hall–Kier alpha value is -1.64. The van der Waals surface area contributed by atoms with E-state index in [-0.39, 0.29) is 23.7 Å². The molecule has 1 atom stereocenters. The second kappa shape index (κ2) is 8.48. The summed E-state index contributed by atoms with van der Waals surface area (Å²) in [5.41, 5.74) is -0.281. The van der Waals surface area contributed by atoms with Crippen molar-refractivity contribution in [1.82, 2.24) is 19.4 Å². The molecule has 0 aromatic heterocycles. The van der Waals surface area contributed by atoms with Gasteiger partial charge in [-0.05, 0) is 38.8 Å². The number of sulfonamides is 1. The lowest BCUT2D eigenvalue weighted by atomic mass is 9.94. The number of benzene rings is 1. The predicted molar refractivity (Wildman–Crippen MR) is 117 cm³/mol. The zero-order chi connectivity index (χ0) is 21.4. The van der Waals surface area contributed by atoms with Crippen LogP contribution < -0.4 is 5.32 Å². The van der Waals surface area contributed by atoms with Crippen molar-refractivity contribution in [2.75, 3.05) is 32.7 Å². The van der Waals surface area contributed by atoms with Crippen LogP contribution in [0.25, 0.3) is 0 Å². The van der Waals surface area contributed by atoms with Gasteiger partial charge in [-0.15, -0.1) is 0 Å². The molecule has 8 heteroatoms. The maximum Gasteiger partial charge on any atom is 0.317 e. The fraction of sp³-hybridized carbons (Fsp3) is 0.682. The summed E-state index contributed by atoms with van der Waals surface area (Å²) >= 11 is 0. The molecule has 2 aliphatic heterocycles. The molecule has 7 nitrogen and oxygen atoms in total. The Bertz CT molecular complexity index is 852. The van der Waals surface area contributed by atoms with Crippen molar-refractivity contribution >= 4 is 16.1 Å². The van der Waals surface area contributed by atoms with Crippen molar-refractivity contribution in [3.8, 4) is 0 Å². The van der Waals surface area contributed by atoms with E-state index in [1.807, 2.05) is 11.0 Å². The maximum atomic E-state index is 13.2. The van der Waals surface area contributed by atoms with E-state index in [2.05, 4.69) is 24.1 Å². The van der Waals surface area contributed by atoms with Crippen LogP contribution in [0.3, 0.4) is 0 Å². The molecule has 2 heterocycles. The number of piperazine rings is 2. The van der Waals surface area contributed by atoms with Crippen LogP contribution in [0.4, 0.5) is 4.79 Å². The smallest absolute Gasteiger partial charge is 0.317 e. The molecule has 1 aromatic rings. The van der Waals surface area contributed by atoms with Gasteiger partial charge in [-0.2, -0.15) is 4.31 Å². The third-order valence-electron chi connectivity index (χ3n) is 6.84. The first-order chi connectivity index (χ1) is 14.3. The Morgan fingerprint density at radius 2 is 1.73 bits per heavy atom. The summed E-state index contributed by atoms with van der Waals surface area (Å²) in [6, 6.07) is 8.92. The summed E-state index contributed by atoms with van der Waals surface area (Å²) in [5.74, 6) is 0. The molecule has 1 aromatic carbocycles. The quantitative estimate of drug-likeness (QED) is 0.793. The third-order valence-corrected chi connectivity index (χ3v) is 8.66. The number of carbonyl (C=O) groups excluding carboxylic acids is 1. The van der Waals surface area contributed by atoms with Gasteiger partial charge in [0.05, 0.1) is 4.90 Å². The summed E-state index contributed by atoms with van der Waals surface area (Å²) < 4.78 is 28.1. The van der Waals surface area contributed by atoms with Crippen LogP contribution in [0, 0.1) is 0 Å². The number of fused-ring (bicyclic) bond motifs is 1. The van der Waals surface area contributed by atoms with E-state index in [4.69, 9.17) is 0 Å². The SMILES string of the molecule is CC1(C)CN(S(=O)(=O)c2ccccc2)CC2CN(C(=O)NC3CCCCC3)CCN21. The number of amides is 2. The lowest BCUT2D eigenvalue weighted by molar-refractivity contribution is -0.0339. The highest BCUT2D eigenvalue weighted by Gasteiger charge is 2.46. The van der Waals surface area contributed by atoms with Gasteiger partial charge >= 0.3 is 6.03 Å². The van der Waals surface area contributed by atoms with Crippen LogP contribution in [0.2, 0.25) is 0 Å². The molecular weight excluding hydrogens is 400 g/mol. The zero-order valence-corrected chi connectivity index (χ0v) is 18.9. The Kier molecular flexibility index (Phi) is 6.10. The van der Waals surface area contributed by atoms with E-state index < -0.39 is 10.0 Å². The van der Waals surface area contributed by atoms with Crippen LogP contribution in [0.15, 0.2) is 35.2 Å². The monoisotopic (exact) mass is 434 g/mol. The molecule has 1 N–H and O–H groups in total. The molecule has 0 radical (unpaired) electrons. The van der Waals surface area contributed by atoms with Crippen LogP contribution in [0.1, 0.15) is 46.0 Å². The predicted octanol–water partition coefficient (Wildman–Crippen LogP) is 2.50. The summed E-state index contributed by atoms with van der Waals surface area (Å²) in [6.07, 6.45) is 5.74. The number of carbonyl (C=O) groups is 1. The standard InChI is InChI=1S/C22H34N4O3S/c1-22(2)17-25(30(28,29)20-11-7-4-8-12-20)16-19-15-24(13-14-26(19)22)21(27)23-18-9-5-3-6-10-18/h4,7-8,11-12,18-19H,3,5-6,9-10,13-17H2,1-2H3,(H,23,27). The topological polar surface area (TPSA) is 73.0 Å². The minimum atomic E-state index is -3.56. The Morgan fingerprint density at radius 1 is 1.03 bits per heavy atom. The van der Waals surface area contributed by atoms with Gasteiger partial charge in [-0.25, -0.2) is 13.2 Å². The van der Waals surface area contributed by atoms with Crippen LogP contribution in [0.5, 0.6) is 0 Å². The highest BCUT2D eigenvalue weighted by Crippen LogP contribution is 2.31. The number of rotatable bonds is 3. The second-order valence-corrected chi connectivity index (χ2v) is 11.4. The van der Waals surface area contributed by atoms with Gasteiger partial charge in [0.1, 0.15) is 0 Å². The van der Waals surface area contributed by atoms with Crippen molar-refractivity contribution in [3.05, 3.63) is 30.3 Å². The fourth-order valence-electron chi connectivity index (χ4n) is 5.25. The third kappa shape index (κ3) is 4.36. The highest BCUT2D eigenvalue weighted by molar-refractivity contribution is 7.89. The first-order valence-electron chi connectivity index (χ1n) is 11.1. The van der Waals surface area contributed by atoms with Gasteiger partial charge in [-0.1, -0.05) is 37.5 Å². The first kappa shape index (κ1) is 21.6.